The van der Waals surface area contributed by atoms with E-state index in [1.54, 1.807) is 0 Å². The van der Waals surface area contributed by atoms with Crippen molar-refractivity contribution in [2.45, 2.75) is 66.5 Å². The van der Waals surface area contributed by atoms with Gasteiger partial charge in [0.05, 0.1) is 56.6 Å². The Hall–Kier alpha value is -3.55. The predicted molar refractivity (Wildman–Crippen MR) is 149 cm³/mol. The SMILES string of the molecule is CC(=Nc1cccc(N(O)C(C)(C)C)c1)c1cccc(C(C)=Nc2cccc(N(O)C(C)(C)C)c2)n1. The van der Waals surface area contributed by atoms with Gasteiger partial charge >= 0.3 is 0 Å². The predicted octanol–water partition coefficient (Wildman–Crippen LogP) is 7.35. The van der Waals surface area contributed by atoms with E-state index in [4.69, 9.17) is 15.0 Å². The van der Waals surface area contributed by atoms with Crippen molar-refractivity contribution in [3.8, 4) is 0 Å². The van der Waals surface area contributed by atoms with Gasteiger partial charge in [-0.2, -0.15) is 0 Å². The number of hydroxylamine groups is 2. The van der Waals surface area contributed by atoms with E-state index in [0.29, 0.717) is 11.4 Å². The molecule has 0 radical (unpaired) electrons. The Morgan fingerprint density at radius 2 is 1.00 bits per heavy atom. The first kappa shape index (κ1) is 27.0. The van der Waals surface area contributed by atoms with Gasteiger partial charge in [-0.05, 0) is 104 Å². The molecule has 7 heteroatoms. The Labute approximate surface area is 214 Å². The van der Waals surface area contributed by atoms with E-state index in [1.165, 1.54) is 10.1 Å². The normalized spacial score (nSPS) is 13.1. The van der Waals surface area contributed by atoms with Crippen molar-refractivity contribution in [1.29, 1.82) is 0 Å². The lowest BCUT2D eigenvalue weighted by Gasteiger charge is -2.31. The molecule has 0 unspecified atom stereocenters. The highest BCUT2D eigenvalue weighted by atomic mass is 16.5. The second-order valence-corrected chi connectivity index (χ2v) is 10.8. The van der Waals surface area contributed by atoms with Crippen molar-refractivity contribution in [3.05, 3.63) is 78.1 Å². The molecule has 0 fully saturated rings. The number of hydrogen-bond acceptors (Lipinski definition) is 7. The first-order valence-electron chi connectivity index (χ1n) is 12.0. The molecule has 1 heterocycles. The molecule has 3 aromatic rings. The molecule has 3 rings (SSSR count). The maximum Gasteiger partial charge on any atom is 0.0849 e. The quantitative estimate of drug-likeness (QED) is 0.280. The van der Waals surface area contributed by atoms with Crippen LogP contribution in [0.3, 0.4) is 0 Å². The zero-order valence-corrected chi connectivity index (χ0v) is 22.5. The lowest BCUT2D eigenvalue weighted by molar-refractivity contribution is 0.181. The molecule has 2 aromatic carbocycles. The smallest absolute Gasteiger partial charge is 0.0849 e. The summed E-state index contributed by atoms with van der Waals surface area (Å²) < 4.78 is 0. The molecular formula is C29H37N5O2. The highest BCUT2D eigenvalue weighted by Crippen LogP contribution is 2.27. The van der Waals surface area contributed by atoms with Gasteiger partial charge in [0.2, 0.25) is 0 Å². The van der Waals surface area contributed by atoms with Crippen molar-refractivity contribution < 1.29 is 10.4 Å². The minimum atomic E-state index is -0.425. The molecule has 0 spiro atoms. The van der Waals surface area contributed by atoms with Crippen LogP contribution in [0.1, 0.15) is 66.8 Å². The molecule has 36 heavy (non-hydrogen) atoms. The molecule has 1 aromatic heterocycles. The van der Waals surface area contributed by atoms with Crippen molar-refractivity contribution >= 4 is 34.2 Å². The highest BCUT2D eigenvalue weighted by molar-refractivity contribution is 6.02. The van der Waals surface area contributed by atoms with Crippen LogP contribution < -0.4 is 10.1 Å². The highest BCUT2D eigenvalue weighted by Gasteiger charge is 2.21. The fourth-order valence-electron chi connectivity index (χ4n) is 3.50. The third kappa shape index (κ3) is 6.77. The summed E-state index contributed by atoms with van der Waals surface area (Å²) in [5.74, 6) is 0. The summed E-state index contributed by atoms with van der Waals surface area (Å²) >= 11 is 0. The number of aliphatic imine (C=N–C) groups is 2. The monoisotopic (exact) mass is 487 g/mol. The summed E-state index contributed by atoms with van der Waals surface area (Å²) in [5, 5.41) is 23.4. The topological polar surface area (TPSA) is 84.5 Å². The molecular weight excluding hydrogens is 450 g/mol. The molecule has 2 N–H and O–H groups in total. The Kier molecular flexibility index (Phi) is 7.96. The lowest BCUT2D eigenvalue weighted by Crippen LogP contribution is -2.38. The number of pyridine rings is 1. The van der Waals surface area contributed by atoms with Crippen LogP contribution in [-0.2, 0) is 0 Å². The number of rotatable bonds is 6. The largest absolute Gasteiger partial charge is 0.288 e. The van der Waals surface area contributed by atoms with E-state index in [1.807, 2.05) is 122 Å². The van der Waals surface area contributed by atoms with E-state index in [9.17, 15) is 10.4 Å². The van der Waals surface area contributed by atoms with Crippen molar-refractivity contribution in [2.75, 3.05) is 10.1 Å². The Morgan fingerprint density at radius 3 is 1.36 bits per heavy atom. The van der Waals surface area contributed by atoms with E-state index in [-0.39, 0.29) is 0 Å². The van der Waals surface area contributed by atoms with Crippen LogP contribution in [0, 0.1) is 0 Å². The van der Waals surface area contributed by atoms with Crippen LogP contribution in [0.2, 0.25) is 0 Å². The minimum absolute atomic E-state index is 0.425. The van der Waals surface area contributed by atoms with Gasteiger partial charge in [0.15, 0.2) is 0 Å². The number of nitrogens with zero attached hydrogens (tertiary/aromatic N) is 5. The molecule has 0 aliphatic carbocycles. The summed E-state index contributed by atoms with van der Waals surface area (Å²) in [6.07, 6.45) is 0. The van der Waals surface area contributed by atoms with Crippen LogP contribution in [0.25, 0.3) is 0 Å². The molecule has 0 saturated heterocycles. The van der Waals surface area contributed by atoms with Crippen molar-refractivity contribution in [1.82, 2.24) is 4.98 Å². The van der Waals surface area contributed by atoms with E-state index in [2.05, 4.69) is 0 Å². The first-order valence-corrected chi connectivity index (χ1v) is 12.0. The Bertz CT molecular complexity index is 1170. The lowest BCUT2D eigenvalue weighted by atomic mass is 10.1. The Balaban J connectivity index is 1.87. The average Bonchev–Trinajstić information content (AvgIpc) is 2.82. The van der Waals surface area contributed by atoms with Crippen molar-refractivity contribution in [3.63, 3.8) is 0 Å². The summed E-state index contributed by atoms with van der Waals surface area (Å²) in [6.45, 7) is 15.5. The van der Waals surface area contributed by atoms with Gasteiger partial charge in [-0.25, -0.2) is 4.98 Å². The number of hydrogen-bond donors (Lipinski definition) is 2. The average molecular weight is 488 g/mol. The summed E-state index contributed by atoms with van der Waals surface area (Å²) in [7, 11) is 0. The summed E-state index contributed by atoms with van der Waals surface area (Å²) in [5.41, 5.74) is 4.96. The maximum absolute atomic E-state index is 10.5. The Morgan fingerprint density at radius 1 is 0.639 bits per heavy atom. The summed E-state index contributed by atoms with van der Waals surface area (Å²) in [4.78, 5) is 14.2. The molecule has 0 aliphatic rings. The van der Waals surface area contributed by atoms with Gasteiger partial charge in [-0.3, -0.25) is 30.5 Å². The number of anilines is 2. The maximum atomic E-state index is 10.5. The standard InChI is InChI=1S/C29H37N5O2/c1-20(30-22-12-9-14-24(18-22)33(35)28(3,4)5)26-16-11-17-27(32-26)21(2)31-23-13-10-15-25(19-23)34(36)29(6,7)8/h9-19,35-36H,1-8H3. The second kappa shape index (κ2) is 10.6. The van der Waals surface area contributed by atoms with E-state index in [0.717, 1.165) is 34.2 Å². The van der Waals surface area contributed by atoms with Gasteiger partial charge < -0.3 is 0 Å². The zero-order chi connectivity index (χ0) is 26.7. The zero-order valence-electron chi connectivity index (χ0n) is 22.5. The molecule has 0 saturated carbocycles. The van der Waals surface area contributed by atoms with Crippen LogP contribution in [-0.4, -0.2) is 37.9 Å². The van der Waals surface area contributed by atoms with Gasteiger partial charge in [-0.1, -0.05) is 18.2 Å². The van der Waals surface area contributed by atoms with Crippen LogP contribution in [0.4, 0.5) is 22.7 Å². The van der Waals surface area contributed by atoms with Gasteiger partial charge in [0, 0.05) is 0 Å². The van der Waals surface area contributed by atoms with Crippen LogP contribution in [0.5, 0.6) is 0 Å². The van der Waals surface area contributed by atoms with E-state index >= 15 is 0 Å². The molecule has 0 aliphatic heterocycles. The minimum Gasteiger partial charge on any atom is -0.288 e. The fourth-order valence-corrected chi connectivity index (χ4v) is 3.50. The molecule has 0 bridgehead atoms. The molecule has 0 amide bonds. The second-order valence-electron chi connectivity index (χ2n) is 10.8. The molecule has 7 nitrogen and oxygen atoms in total. The number of benzene rings is 2. The van der Waals surface area contributed by atoms with Crippen LogP contribution in [0.15, 0.2) is 76.7 Å². The van der Waals surface area contributed by atoms with Crippen molar-refractivity contribution in [2.24, 2.45) is 9.98 Å². The fraction of sp³-hybridized carbons (Fsp3) is 0.345. The van der Waals surface area contributed by atoms with E-state index < -0.39 is 11.1 Å². The van der Waals surface area contributed by atoms with Gasteiger partial charge in [-0.15, -0.1) is 0 Å². The van der Waals surface area contributed by atoms with Crippen LogP contribution >= 0.6 is 0 Å². The van der Waals surface area contributed by atoms with Gasteiger partial charge in [0.1, 0.15) is 0 Å². The molecule has 190 valence electrons. The third-order valence-corrected chi connectivity index (χ3v) is 5.50. The van der Waals surface area contributed by atoms with Gasteiger partial charge in [0.25, 0.3) is 0 Å². The molecule has 0 atom stereocenters. The first-order chi connectivity index (χ1) is 16.8. The summed E-state index contributed by atoms with van der Waals surface area (Å²) in [6, 6.07) is 20.7. The third-order valence-electron chi connectivity index (χ3n) is 5.50. The number of aromatic nitrogens is 1.